The molecule has 4 rings (SSSR count). The Morgan fingerprint density at radius 2 is 2.00 bits per heavy atom. The molecule has 3 heterocycles. The van der Waals surface area contributed by atoms with Crippen LogP contribution in [0.25, 0.3) is 21.3 Å². The largest absolute Gasteiger partial charge is 0.466 e. The van der Waals surface area contributed by atoms with Gasteiger partial charge >= 0.3 is 5.97 Å². The Hall–Kier alpha value is -3.65. The van der Waals surface area contributed by atoms with E-state index in [4.69, 9.17) is 10.5 Å². The lowest BCUT2D eigenvalue weighted by atomic mass is 10.1. The summed E-state index contributed by atoms with van der Waals surface area (Å²) in [5.74, 6) is -0.681. The lowest BCUT2D eigenvalue weighted by molar-refractivity contribution is -0.143. The number of esters is 1. The van der Waals surface area contributed by atoms with E-state index >= 15 is 0 Å². The lowest BCUT2D eigenvalue weighted by Crippen LogP contribution is -2.12. The Balaban J connectivity index is 1.77. The van der Waals surface area contributed by atoms with Crippen molar-refractivity contribution in [2.45, 2.75) is 26.7 Å². The Kier molecular flexibility index (Phi) is 6.23. The number of nitrogens with zero attached hydrogens (tertiary/aromatic N) is 3. The number of benzene rings is 1. The quantitative estimate of drug-likeness (QED) is 0.407. The standard InChI is InChI=1S/C24H24N4O3S/c1-3-31-23(29)11-6-18-5-8-20(21-9-10-22(32-21)27-13-12-26-15-27)28(18)19-7-4-17(24(25)30)14-16(19)2/h4-5,7-10,12-15H,3,6,11H2,1-2H3,(H2,25,30). The molecule has 1 amide bonds. The number of hydrogen-bond donors (Lipinski definition) is 1. The number of aryl methyl sites for hydroxylation is 2. The van der Waals surface area contributed by atoms with Crippen LogP contribution in [0.4, 0.5) is 0 Å². The molecule has 0 spiro atoms. The van der Waals surface area contributed by atoms with Gasteiger partial charge in [0.2, 0.25) is 5.91 Å². The minimum atomic E-state index is -0.460. The predicted octanol–water partition coefficient (Wildman–Crippen LogP) is 4.29. The van der Waals surface area contributed by atoms with Crippen LogP contribution in [0.5, 0.6) is 0 Å². The fraction of sp³-hybridized carbons (Fsp3) is 0.208. The third-order valence-electron chi connectivity index (χ3n) is 5.18. The molecular formula is C24H24N4O3S. The number of hydrogen-bond acceptors (Lipinski definition) is 5. The number of carbonyl (C=O) groups is 2. The van der Waals surface area contributed by atoms with E-state index < -0.39 is 5.91 Å². The molecule has 164 valence electrons. The molecule has 0 radical (unpaired) electrons. The Morgan fingerprint density at radius 1 is 1.16 bits per heavy atom. The Labute approximate surface area is 190 Å². The smallest absolute Gasteiger partial charge is 0.306 e. The number of ether oxygens (including phenoxy) is 1. The van der Waals surface area contributed by atoms with Gasteiger partial charge in [-0.05, 0) is 68.3 Å². The molecule has 0 saturated heterocycles. The summed E-state index contributed by atoms with van der Waals surface area (Å²) in [4.78, 5) is 28.8. The fourth-order valence-electron chi connectivity index (χ4n) is 3.67. The topological polar surface area (TPSA) is 92.1 Å². The molecule has 32 heavy (non-hydrogen) atoms. The number of nitrogens with two attached hydrogens (primary N) is 1. The minimum absolute atomic E-state index is 0.221. The first-order valence-electron chi connectivity index (χ1n) is 10.3. The molecule has 3 aromatic heterocycles. The molecule has 8 heteroatoms. The SMILES string of the molecule is CCOC(=O)CCc1ccc(-c2ccc(-n3ccnc3)s2)n1-c1ccc(C(N)=O)cc1C. The number of aromatic nitrogens is 3. The second kappa shape index (κ2) is 9.23. The van der Waals surface area contributed by atoms with E-state index in [-0.39, 0.29) is 5.97 Å². The summed E-state index contributed by atoms with van der Waals surface area (Å²) in [5, 5.41) is 1.05. The maximum Gasteiger partial charge on any atom is 0.306 e. The third kappa shape index (κ3) is 4.36. The average Bonchev–Trinajstić information content (AvgIpc) is 3.52. The number of imidazole rings is 1. The summed E-state index contributed by atoms with van der Waals surface area (Å²) in [6, 6.07) is 13.7. The number of thiophene rings is 1. The molecule has 0 aliphatic rings. The van der Waals surface area contributed by atoms with Gasteiger partial charge in [-0.3, -0.25) is 14.2 Å². The van der Waals surface area contributed by atoms with Gasteiger partial charge in [-0.1, -0.05) is 0 Å². The van der Waals surface area contributed by atoms with Crippen LogP contribution in [0.1, 0.15) is 35.0 Å². The molecular weight excluding hydrogens is 424 g/mol. The molecule has 4 aromatic rings. The Bertz CT molecular complexity index is 1250. The second-order valence-electron chi connectivity index (χ2n) is 7.32. The minimum Gasteiger partial charge on any atom is -0.466 e. The van der Waals surface area contributed by atoms with Crippen molar-refractivity contribution in [2.24, 2.45) is 5.73 Å². The molecule has 0 fully saturated rings. The summed E-state index contributed by atoms with van der Waals surface area (Å²) in [6.07, 6.45) is 6.26. The zero-order valence-electron chi connectivity index (χ0n) is 17.9. The van der Waals surface area contributed by atoms with Crippen LogP contribution in [0.3, 0.4) is 0 Å². The van der Waals surface area contributed by atoms with E-state index in [1.54, 1.807) is 42.9 Å². The monoisotopic (exact) mass is 448 g/mol. The maximum absolute atomic E-state index is 12.0. The van der Waals surface area contributed by atoms with Gasteiger partial charge < -0.3 is 15.0 Å². The molecule has 1 aromatic carbocycles. The zero-order chi connectivity index (χ0) is 22.7. The predicted molar refractivity (Wildman–Crippen MR) is 124 cm³/mol. The van der Waals surface area contributed by atoms with Crippen molar-refractivity contribution in [1.29, 1.82) is 0 Å². The summed E-state index contributed by atoms with van der Waals surface area (Å²) < 4.78 is 9.21. The first kappa shape index (κ1) is 21.6. The highest BCUT2D eigenvalue weighted by molar-refractivity contribution is 7.17. The van der Waals surface area contributed by atoms with Gasteiger partial charge in [0.25, 0.3) is 0 Å². The van der Waals surface area contributed by atoms with Crippen molar-refractivity contribution in [3.63, 3.8) is 0 Å². The summed E-state index contributed by atoms with van der Waals surface area (Å²) in [6.45, 7) is 4.12. The molecule has 0 aliphatic heterocycles. The van der Waals surface area contributed by atoms with E-state index in [1.165, 1.54) is 0 Å². The lowest BCUT2D eigenvalue weighted by Gasteiger charge is -2.16. The maximum atomic E-state index is 12.0. The van der Waals surface area contributed by atoms with E-state index in [1.807, 2.05) is 29.8 Å². The van der Waals surface area contributed by atoms with Gasteiger partial charge in [0, 0.05) is 29.3 Å². The van der Waals surface area contributed by atoms with Crippen molar-refractivity contribution in [3.05, 3.63) is 78.0 Å². The van der Waals surface area contributed by atoms with Gasteiger partial charge in [-0.25, -0.2) is 4.98 Å². The normalized spacial score (nSPS) is 10.9. The summed E-state index contributed by atoms with van der Waals surface area (Å²) >= 11 is 1.65. The van der Waals surface area contributed by atoms with Gasteiger partial charge in [0.1, 0.15) is 5.00 Å². The fourth-order valence-corrected chi connectivity index (χ4v) is 4.64. The van der Waals surface area contributed by atoms with Crippen LogP contribution in [0, 0.1) is 6.92 Å². The van der Waals surface area contributed by atoms with Crippen LogP contribution in [-0.4, -0.2) is 32.6 Å². The first-order chi connectivity index (χ1) is 15.5. The van der Waals surface area contributed by atoms with E-state index in [0.717, 1.165) is 32.5 Å². The average molecular weight is 449 g/mol. The van der Waals surface area contributed by atoms with E-state index in [2.05, 4.69) is 27.8 Å². The van der Waals surface area contributed by atoms with Crippen LogP contribution >= 0.6 is 11.3 Å². The molecule has 0 atom stereocenters. The number of primary amides is 1. The van der Waals surface area contributed by atoms with Gasteiger partial charge in [0.15, 0.2) is 0 Å². The highest BCUT2D eigenvalue weighted by Gasteiger charge is 2.17. The van der Waals surface area contributed by atoms with E-state index in [0.29, 0.717) is 25.0 Å². The molecule has 0 aliphatic carbocycles. The Morgan fingerprint density at radius 3 is 2.69 bits per heavy atom. The van der Waals surface area contributed by atoms with Crippen LogP contribution < -0.4 is 5.73 Å². The zero-order valence-corrected chi connectivity index (χ0v) is 18.8. The molecule has 0 unspecified atom stereocenters. The van der Waals surface area contributed by atoms with Gasteiger partial charge in [-0.15, -0.1) is 11.3 Å². The van der Waals surface area contributed by atoms with E-state index in [9.17, 15) is 9.59 Å². The molecule has 2 N–H and O–H groups in total. The van der Waals surface area contributed by atoms with Crippen molar-refractivity contribution < 1.29 is 14.3 Å². The second-order valence-corrected chi connectivity index (χ2v) is 8.39. The molecule has 7 nitrogen and oxygen atoms in total. The molecule has 0 bridgehead atoms. The van der Waals surface area contributed by atoms with Crippen LogP contribution in [0.2, 0.25) is 0 Å². The number of rotatable bonds is 8. The van der Waals surface area contributed by atoms with Gasteiger partial charge in [0.05, 0.1) is 29.9 Å². The van der Waals surface area contributed by atoms with Crippen molar-refractivity contribution in [2.75, 3.05) is 6.61 Å². The van der Waals surface area contributed by atoms with Gasteiger partial charge in [-0.2, -0.15) is 0 Å². The van der Waals surface area contributed by atoms with Crippen LogP contribution in [0.15, 0.2) is 61.2 Å². The number of carbonyl (C=O) groups excluding carboxylic acids is 2. The summed E-state index contributed by atoms with van der Waals surface area (Å²) in [5.41, 5.74) is 9.77. The van der Waals surface area contributed by atoms with Crippen molar-refractivity contribution in [3.8, 4) is 21.3 Å². The summed E-state index contributed by atoms with van der Waals surface area (Å²) in [7, 11) is 0. The van der Waals surface area contributed by atoms with Crippen molar-refractivity contribution in [1.82, 2.24) is 14.1 Å². The van der Waals surface area contributed by atoms with Crippen molar-refractivity contribution >= 4 is 23.2 Å². The highest BCUT2D eigenvalue weighted by atomic mass is 32.1. The highest BCUT2D eigenvalue weighted by Crippen LogP contribution is 2.35. The number of amides is 1. The molecule has 0 saturated carbocycles. The third-order valence-corrected chi connectivity index (χ3v) is 6.30. The van der Waals surface area contributed by atoms with Crippen LogP contribution in [-0.2, 0) is 16.0 Å². The first-order valence-corrected chi connectivity index (χ1v) is 11.1.